The number of thiazole rings is 1. The number of hydrogen-bond donors (Lipinski definition) is 1. The first-order valence-electron chi connectivity index (χ1n) is 11.1. The van der Waals surface area contributed by atoms with Gasteiger partial charge in [0.25, 0.3) is 0 Å². The number of ether oxygens (including phenoxy) is 1. The molecule has 5 aromatic rings. The normalized spacial score (nSPS) is 13.5. The van der Waals surface area contributed by atoms with E-state index in [2.05, 4.69) is 76.4 Å². The van der Waals surface area contributed by atoms with Gasteiger partial charge in [0, 0.05) is 30.5 Å². The summed E-state index contributed by atoms with van der Waals surface area (Å²) in [7, 11) is 6.02. The summed E-state index contributed by atoms with van der Waals surface area (Å²) in [5.74, 6) is 1.44. The molecule has 0 aliphatic carbocycles. The standard InChI is InChI=1S/C25H27N7OS/c1-15(31(3)4)16(2)33-22-9-17(18-11-29-32(5)12-18)8-21-24(22)25(27-13-26-21)30-19-6-7-20-23(10-19)34-14-28-20/h6-16H,1-5H3,(H,26,27,30)/t15-,16-/m1/s1. The molecule has 174 valence electrons. The highest BCUT2D eigenvalue weighted by Crippen LogP contribution is 2.37. The van der Waals surface area contributed by atoms with Crippen LogP contribution in [-0.2, 0) is 7.05 Å². The first-order valence-corrected chi connectivity index (χ1v) is 12.0. The predicted molar refractivity (Wildman–Crippen MR) is 138 cm³/mol. The van der Waals surface area contributed by atoms with Gasteiger partial charge in [-0.2, -0.15) is 5.10 Å². The van der Waals surface area contributed by atoms with E-state index in [-0.39, 0.29) is 12.1 Å². The number of hydrogen-bond acceptors (Lipinski definition) is 8. The Bertz CT molecular complexity index is 1460. The second kappa shape index (κ2) is 9.00. The average molecular weight is 474 g/mol. The van der Waals surface area contributed by atoms with Gasteiger partial charge in [-0.3, -0.25) is 4.68 Å². The Balaban J connectivity index is 1.62. The fraction of sp³-hybridized carbons (Fsp3) is 0.280. The average Bonchev–Trinajstić information content (AvgIpc) is 3.46. The molecular weight excluding hydrogens is 446 g/mol. The summed E-state index contributed by atoms with van der Waals surface area (Å²) in [6.07, 6.45) is 5.37. The number of nitrogens with zero attached hydrogens (tertiary/aromatic N) is 6. The first kappa shape index (κ1) is 22.2. The highest BCUT2D eigenvalue weighted by atomic mass is 32.1. The van der Waals surface area contributed by atoms with Crippen LogP contribution in [0, 0.1) is 0 Å². The third kappa shape index (κ3) is 4.32. The molecule has 3 aromatic heterocycles. The maximum Gasteiger partial charge on any atom is 0.145 e. The van der Waals surface area contributed by atoms with E-state index in [1.165, 1.54) is 0 Å². The molecule has 1 N–H and O–H groups in total. The van der Waals surface area contributed by atoms with E-state index in [9.17, 15) is 0 Å². The van der Waals surface area contributed by atoms with Gasteiger partial charge in [0.1, 0.15) is 24.0 Å². The largest absolute Gasteiger partial charge is 0.488 e. The Labute approximate surface area is 202 Å². The van der Waals surface area contributed by atoms with Crippen molar-refractivity contribution in [3.05, 3.63) is 54.6 Å². The van der Waals surface area contributed by atoms with Crippen LogP contribution in [-0.4, -0.2) is 55.9 Å². The first-order chi connectivity index (χ1) is 16.4. The molecule has 34 heavy (non-hydrogen) atoms. The van der Waals surface area contributed by atoms with Crippen LogP contribution in [0.2, 0.25) is 0 Å². The minimum atomic E-state index is -0.0519. The molecule has 0 fully saturated rings. The van der Waals surface area contributed by atoms with Crippen LogP contribution in [0.3, 0.4) is 0 Å². The zero-order valence-electron chi connectivity index (χ0n) is 19.9. The molecule has 8 nitrogen and oxygen atoms in total. The number of benzene rings is 2. The molecule has 0 aliphatic heterocycles. The lowest BCUT2D eigenvalue weighted by atomic mass is 10.1. The lowest BCUT2D eigenvalue weighted by Crippen LogP contribution is -2.38. The quantitative estimate of drug-likeness (QED) is 0.352. The van der Waals surface area contributed by atoms with Crippen molar-refractivity contribution in [1.29, 1.82) is 0 Å². The minimum absolute atomic E-state index is 0.0519. The third-order valence-corrected chi connectivity index (χ3v) is 6.93. The van der Waals surface area contributed by atoms with Gasteiger partial charge < -0.3 is 15.0 Å². The van der Waals surface area contributed by atoms with Crippen molar-refractivity contribution < 1.29 is 4.74 Å². The predicted octanol–water partition coefficient (Wildman–Crippen LogP) is 5.10. The molecule has 0 aliphatic rings. The molecule has 0 unspecified atom stereocenters. The van der Waals surface area contributed by atoms with Crippen LogP contribution in [0.15, 0.2) is 54.6 Å². The van der Waals surface area contributed by atoms with Crippen molar-refractivity contribution in [3.8, 4) is 16.9 Å². The molecule has 0 saturated carbocycles. The van der Waals surface area contributed by atoms with Crippen LogP contribution in [0.1, 0.15) is 13.8 Å². The van der Waals surface area contributed by atoms with Crippen molar-refractivity contribution in [1.82, 2.24) is 29.6 Å². The highest BCUT2D eigenvalue weighted by Gasteiger charge is 2.20. The van der Waals surface area contributed by atoms with E-state index in [1.807, 2.05) is 37.1 Å². The number of anilines is 2. The lowest BCUT2D eigenvalue weighted by Gasteiger charge is -2.28. The van der Waals surface area contributed by atoms with Crippen LogP contribution < -0.4 is 10.1 Å². The van der Waals surface area contributed by atoms with Crippen molar-refractivity contribution in [3.63, 3.8) is 0 Å². The van der Waals surface area contributed by atoms with E-state index in [0.717, 1.165) is 43.7 Å². The molecule has 2 aromatic carbocycles. The Hall–Kier alpha value is -3.56. The lowest BCUT2D eigenvalue weighted by molar-refractivity contribution is 0.123. The van der Waals surface area contributed by atoms with E-state index >= 15 is 0 Å². The van der Waals surface area contributed by atoms with E-state index in [0.29, 0.717) is 5.82 Å². The van der Waals surface area contributed by atoms with E-state index < -0.39 is 0 Å². The molecule has 0 spiro atoms. The molecule has 0 bridgehead atoms. The van der Waals surface area contributed by atoms with Crippen molar-refractivity contribution in [2.45, 2.75) is 26.0 Å². The highest BCUT2D eigenvalue weighted by molar-refractivity contribution is 7.16. The molecule has 3 heterocycles. The summed E-state index contributed by atoms with van der Waals surface area (Å²) in [5, 5.41) is 8.65. The van der Waals surface area contributed by atoms with Crippen molar-refractivity contribution >= 4 is 44.0 Å². The molecular formula is C25H27N7OS. The Morgan fingerprint density at radius 1 is 1.03 bits per heavy atom. The van der Waals surface area contributed by atoms with Gasteiger partial charge in [-0.25, -0.2) is 15.0 Å². The summed E-state index contributed by atoms with van der Waals surface area (Å²) in [6.45, 7) is 4.24. The Kier molecular flexibility index (Phi) is 5.89. The van der Waals surface area contributed by atoms with Gasteiger partial charge in [0.15, 0.2) is 0 Å². The summed E-state index contributed by atoms with van der Waals surface area (Å²) >= 11 is 1.61. The van der Waals surface area contributed by atoms with Gasteiger partial charge in [-0.1, -0.05) is 0 Å². The molecule has 5 rings (SSSR count). The van der Waals surface area contributed by atoms with Crippen LogP contribution in [0.4, 0.5) is 11.5 Å². The van der Waals surface area contributed by atoms with Gasteiger partial charge in [-0.15, -0.1) is 11.3 Å². The number of likely N-dealkylation sites (N-methyl/N-ethyl adjacent to an activating group) is 1. The summed E-state index contributed by atoms with van der Waals surface area (Å²) in [4.78, 5) is 15.7. The van der Waals surface area contributed by atoms with Crippen molar-refractivity contribution in [2.75, 3.05) is 19.4 Å². The molecule has 2 atom stereocenters. The zero-order chi connectivity index (χ0) is 23.8. The molecule has 0 amide bonds. The second-order valence-electron chi connectivity index (χ2n) is 8.68. The third-order valence-electron chi connectivity index (χ3n) is 6.14. The van der Waals surface area contributed by atoms with Gasteiger partial charge >= 0.3 is 0 Å². The second-order valence-corrected chi connectivity index (χ2v) is 9.57. The molecule has 0 radical (unpaired) electrons. The maximum atomic E-state index is 6.56. The van der Waals surface area contributed by atoms with Crippen molar-refractivity contribution in [2.24, 2.45) is 7.05 Å². The van der Waals surface area contributed by atoms with Crippen LogP contribution >= 0.6 is 11.3 Å². The molecule has 0 saturated heterocycles. The fourth-order valence-electron chi connectivity index (χ4n) is 3.87. The van der Waals surface area contributed by atoms with Gasteiger partial charge in [0.05, 0.1) is 32.8 Å². The zero-order valence-corrected chi connectivity index (χ0v) is 20.7. The number of rotatable bonds is 7. The van der Waals surface area contributed by atoms with Gasteiger partial charge in [0.2, 0.25) is 0 Å². The minimum Gasteiger partial charge on any atom is -0.488 e. The topological polar surface area (TPSA) is 81.0 Å². The monoisotopic (exact) mass is 473 g/mol. The summed E-state index contributed by atoms with van der Waals surface area (Å²) in [6, 6.07) is 10.4. The SMILES string of the molecule is C[C@H]([C@@H](C)Oc1cc(-c2cnn(C)c2)cc2ncnc(Nc3ccc4ncsc4c3)c12)N(C)C. The van der Waals surface area contributed by atoms with E-state index in [1.54, 1.807) is 22.3 Å². The summed E-state index contributed by atoms with van der Waals surface area (Å²) < 4.78 is 9.47. The fourth-order valence-corrected chi connectivity index (χ4v) is 4.58. The Morgan fingerprint density at radius 2 is 1.88 bits per heavy atom. The number of aromatic nitrogens is 5. The van der Waals surface area contributed by atoms with Gasteiger partial charge in [-0.05, 0) is 63.8 Å². The number of aryl methyl sites for hydroxylation is 1. The smallest absolute Gasteiger partial charge is 0.145 e. The molecule has 9 heteroatoms. The van der Waals surface area contributed by atoms with Crippen LogP contribution in [0.5, 0.6) is 5.75 Å². The number of fused-ring (bicyclic) bond motifs is 2. The number of nitrogens with one attached hydrogen (secondary N) is 1. The van der Waals surface area contributed by atoms with E-state index in [4.69, 9.17) is 4.74 Å². The summed E-state index contributed by atoms with van der Waals surface area (Å²) in [5.41, 5.74) is 6.58. The Morgan fingerprint density at radius 3 is 2.65 bits per heavy atom. The maximum absolute atomic E-state index is 6.56. The van der Waals surface area contributed by atoms with Crippen LogP contribution in [0.25, 0.3) is 32.2 Å².